The monoisotopic (exact) mass is 245 g/mol. The number of aliphatic hydroxyl groups excluding tert-OH is 1. The van der Waals surface area contributed by atoms with Crippen LogP contribution in [-0.2, 0) is 6.42 Å². The maximum Gasteiger partial charge on any atom is 0.0588 e. The van der Waals surface area contributed by atoms with Crippen LogP contribution in [0.4, 0.5) is 0 Å². The summed E-state index contributed by atoms with van der Waals surface area (Å²) in [5.41, 5.74) is 2.25. The molecule has 18 heavy (non-hydrogen) atoms. The van der Waals surface area contributed by atoms with Gasteiger partial charge in [0, 0.05) is 18.3 Å². The molecular weight excluding hydrogens is 226 g/mol. The Morgan fingerprint density at radius 3 is 2.67 bits per heavy atom. The van der Waals surface area contributed by atoms with Crippen molar-refractivity contribution < 1.29 is 5.11 Å². The minimum atomic E-state index is 0.0469. The third kappa shape index (κ3) is 3.42. The van der Waals surface area contributed by atoms with Gasteiger partial charge in [-0.3, -0.25) is 5.10 Å². The molecule has 0 fully saturated rings. The van der Waals surface area contributed by atoms with Crippen molar-refractivity contribution in [3.05, 3.63) is 53.9 Å². The van der Waals surface area contributed by atoms with Crippen molar-refractivity contribution in [3.8, 4) is 0 Å². The molecule has 0 aliphatic rings. The molecule has 0 saturated heterocycles. The first-order valence-electron chi connectivity index (χ1n) is 6.19. The topological polar surface area (TPSA) is 60.9 Å². The van der Waals surface area contributed by atoms with E-state index >= 15 is 0 Å². The highest BCUT2D eigenvalue weighted by atomic mass is 16.3. The molecule has 0 spiro atoms. The molecule has 0 radical (unpaired) electrons. The Hall–Kier alpha value is -1.65. The maximum atomic E-state index is 9.45. The highest BCUT2D eigenvalue weighted by Gasteiger charge is 2.13. The molecule has 2 atom stereocenters. The molecule has 3 N–H and O–H groups in total. The number of nitrogens with one attached hydrogen (secondary N) is 2. The van der Waals surface area contributed by atoms with Gasteiger partial charge in [0.05, 0.1) is 12.3 Å². The average molecular weight is 245 g/mol. The van der Waals surface area contributed by atoms with E-state index in [2.05, 4.69) is 34.6 Å². The van der Waals surface area contributed by atoms with E-state index in [9.17, 15) is 5.11 Å². The van der Waals surface area contributed by atoms with E-state index in [4.69, 9.17) is 0 Å². The average Bonchev–Trinajstić information content (AvgIpc) is 2.93. The molecule has 0 amide bonds. The van der Waals surface area contributed by atoms with Crippen molar-refractivity contribution in [1.82, 2.24) is 15.5 Å². The first-order chi connectivity index (χ1) is 8.79. The number of benzene rings is 1. The molecule has 0 aliphatic heterocycles. The predicted octanol–water partition coefficient (Wildman–Crippen LogP) is 1.66. The summed E-state index contributed by atoms with van der Waals surface area (Å²) in [7, 11) is 0. The lowest BCUT2D eigenvalue weighted by Gasteiger charge is -2.21. The summed E-state index contributed by atoms with van der Waals surface area (Å²) in [6, 6.07) is 12.3. The van der Waals surface area contributed by atoms with Gasteiger partial charge in [0.15, 0.2) is 0 Å². The number of aromatic amines is 1. The van der Waals surface area contributed by atoms with Crippen LogP contribution in [0.2, 0.25) is 0 Å². The zero-order valence-electron chi connectivity index (χ0n) is 10.5. The molecule has 0 bridgehead atoms. The van der Waals surface area contributed by atoms with Crippen molar-refractivity contribution in [3.63, 3.8) is 0 Å². The summed E-state index contributed by atoms with van der Waals surface area (Å²) >= 11 is 0. The largest absolute Gasteiger partial charge is 0.395 e. The smallest absolute Gasteiger partial charge is 0.0588 e. The van der Waals surface area contributed by atoms with Crippen LogP contribution >= 0.6 is 0 Å². The van der Waals surface area contributed by atoms with E-state index in [1.807, 2.05) is 24.3 Å². The number of H-pyrrole nitrogens is 1. The third-order valence-electron chi connectivity index (χ3n) is 3.02. The Kier molecular flexibility index (Phi) is 4.50. The summed E-state index contributed by atoms with van der Waals surface area (Å²) in [5.74, 6) is 0. The lowest BCUT2D eigenvalue weighted by Crippen LogP contribution is -2.36. The third-order valence-corrected chi connectivity index (χ3v) is 3.02. The maximum absolute atomic E-state index is 9.45. The van der Waals surface area contributed by atoms with Crippen LogP contribution in [0.15, 0.2) is 42.6 Å². The molecule has 0 saturated carbocycles. The zero-order valence-corrected chi connectivity index (χ0v) is 10.5. The Morgan fingerprint density at radius 1 is 1.28 bits per heavy atom. The number of hydrogen-bond acceptors (Lipinski definition) is 3. The van der Waals surface area contributed by atoms with Crippen LogP contribution in [0.1, 0.15) is 24.2 Å². The van der Waals surface area contributed by atoms with Crippen molar-refractivity contribution >= 4 is 0 Å². The van der Waals surface area contributed by atoms with Crippen molar-refractivity contribution in [2.45, 2.75) is 25.4 Å². The van der Waals surface area contributed by atoms with E-state index in [0.29, 0.717) is 0 Å². The molecule has 1 heterocycles. The summed E-state index contributed by atoms with van der Waals surface area (Å²) in [5, 5.41) is 19.7. The van der Waals surface area contributed by atoms with Crippen LogP contribution in [0.25, 0.3) is 0 Å². The number of hydrogen-bond donors (Lipinski definition) is 3. The molecule has 4 nitrogen and oxygen atoms in total. The molecule has 2 aromatic rings. The number of aromatic nitrogens is 2. The van der Waals surface area contributed by atoms with E-state index in [1.165, 1.54) is 5.56 Å². The van der Waals surface area contributed by atoms with Crippen LogP contribution < -0.4 is 5.32 Å². The lowest BCUT2D eigenvalue weighted by atomic mass is 10.1. The first-order valence-corrected chi connectivity index (χ1v) is 6.19. The van der Waals surface area contributed by atoms with Gasteiger partial charge in [0.25, 0.3) is 0 Å². The molecular formula is C14H19N3O. The molecule has 2 rings (SSSR count). The minimum Gasteiger partial charge on any atom is -0.395 e. The SMILES string of the molecule is CC(N[C@H](CO)Cc1ccccc1)c1ccn[nH]1. The summed E-state index contributed by atoms with van der Waals surface area (Å²) in [6.45, 7) is 2.18. The van der Waals surface area contributed by atoms with Crippen LogP contribution in [0.5, 0.6) is 0 Å². The first kappa shape index (κ1) is 12.8. The van der Waals surface area contributed by atoms with Gasteiger partial charge in [0.2, 0.25) is 0 Å². The normalized spacial score (nSPS) is 14.3. The Morgan fingerprint density at radius 2 is 2.06 bits per heavy atom. The van der Waals surface area contributed by atoms with Crippen molar-refractivity contribution in [2.24, 2.45) is 0 Å². The Balaban J connectivity index is 1.93. The van der Waals surface area contributed by atoms with E-state index in [-0.39, 0.29) is 18.7 Å². The van der Waals surface area contributed by atoms with Gasteiger partial charge < -0.3 is 10.4 Å². The van der Waals surface area contributed by atoms with Gasteiger partial charge in [-0.05, 0) is 25.0 Å². The van der Waals surface area contributed by atoms with Gasteiger partial charge in [-0.15, -0.1) is 0 Å². The van der Waals surface area contributed by atoms with Crippen molar-refractivity contribution in [2.75, 3.05) is 6.61 Å². The van der Waals surface area contributed by atoms with Gasteiger partial charge in [-0.2, -0.15) is 5.10 Å². The molecule has 96 valence electrons. The van der Waals surface area contributed by atoms with E-state index < -0.39 is 0 Å². The summed E-state index contributed by atoms with van der Waals surface area (Å²) < 4.78 is 0. The fourth-order valence-electron chi connectivity index (χ4n) is 2.03. The highest BCUT2D eigenvalue weighted by Crippen LogP contribution is 2.11. The fraction of sp³-hybridized carbons (Fsp3) is 0.357. The zero-order chi connectivity index (χ0) is 12.8. The van der Waals surface area contributed by atoms with Crippen LogP contribution in [-0.4, -0.2) is 28.0 Å². The minimum absolute atomic E-state index is 0.0469. The van der Waals surface area contributed by atoms with Crippen LogP contribution in [0, 0.1) is 0 Å². The Labute approximate surface area is 107 Å². The van der Waals surface area contributed by atoms with E-state index in [0.717, 1.165) is 12.1 Å². The number of rotatable bonds is 6. The van der Waals surface area contributed by atoms with E-state index in [1.54, 1.807) is 6.20 Å². The number of aliphatic hydroxyl groups is 1. The highest BCUT2D eigenvalue weighted by molar-refractivity contribution is 5.16. The summed E-state index contributed by atoms with van der Waals surface area (Å²) in [6.07, 6.45) is 2.55. The standard InChI is InChI=1S/C14H19N3O/c1-11(14-7-8-15-17-14)16-13(10-18)9-12-5-3-2-4-6-12/h2-8,11,13,16,18H,9-10H2,1H3,(H,15,17)/t11?,13-/m0/s1. The van der Waals surface area contributed by atoms with Gasteiger partial charge in [-0.25, -0.2) is 0 Å². The van der Waals surface area contributed by atoms with Crippen molar-refractivity contribution in [1.29, 1.82) is 0 Å². The number of nitrogens with zero attached hydrogens (tertiary/aromatic N) is 1. The molecule has 1 aromatic carbocycles. The van der Waals surface area contributed by atoms with Gasteiger partial charge in [0.1, 0.15) is 0 Å². The van der Waals surface area contributed by atoms with Crippen LogP contribution in [0.3, 0.4) is 0 Å². The second-order valence-electron chi connectivity index (χ2n) is 4.47. The molecule has 4 heteroatoms. The Bertz CT molecular complexity index is 441. The van der Waals surface area contributed by atoms with Gasteiger partial charge in [-0.1, -0.05) is 30.3 Å². The quantitative estimate of drug-likeness (QED) is 0.725. The summed E-state index contributed by atoms with van der Waals surface area (Å²) in [4.78, 5) is 0. The molecule has 0 aliphatic carbocycles. The second kappa shape index (κ2) is 6.33. The molecule has 1 aromatic heterocycles. The lowest BCUT2D eigenvalue weighted by molar-refractivity contribution is 0.232. The van der Waals surface area contributed by atoms with Gasteiger partial charge >= 0.3 is 0 Å². The predicted molar refractivity (Wildman–Crippen MR) is 71.2 cm³/mol. The fourth-order valence-corrected chi connectivity index (χ4v) is 2.03. The molecule has 1 unspecified atom stereocenters. The second-order valence-corrected chi connectivity index (χ2v) is 4.47.